The zero-order valence-electron chi connectivity index (χ0n) is 8.48. The summed E-state index contributed by atoms with van der Waals surface area (Å²) in [5, 5.41) is 9.79. The van der Waals surface area contributed by atoms with Crippen LogP contribution in [-0.4, -0.2) is 15.6 Å². The van der Waals surface area contributed by atoms with Crippen molar-refractivity contribution in [2.45, 2.75) is 6.54 Å². The van der Waals surface area contributed by atoms with Crippen molar-refractivity contribution in [2.24, 2.45) is 0 Å². The first-order valence-electron chi connectivity index (χ1n) is 4.74. The van der Waals surface area contributed by atoms with Crippen molar-refractivity contribution in [3.8, 4) is 0 Å². The van der Waals surface area contributed by atoms with Crippen molar-refractivity contribution < 1.29 is 9.90 Å². The van der Waals surface area contributed by atoms with E-state index in [1.807, 2.05) is 22.9 Å². The molecule has 1 aromatic carbocycles. The molecule has 4 heteroatoms. The number of nitrogens with zero attached hydrogens (tertiary/aromatic N) is 1. The fourth-order valence-corrected chi connectivity index (χ4v) is 2.00. The second-order valence-corrected chi connectivity index (χ2v) is 4.63. The molecule has 1 N–H and O–H groups in total. The molecule has 0 fully saturated rings. The fraction of sp³-hybridized carbons (Fsp3) is 0.0833. The molecule has 0 saturated heterocycles. The number of aromatic nitrogens is 1. The van der Waals surface area contributed by atoms with Crippen molar-refractivity contribution >= 4 is 32.8 Å². The Morgan fingerprint density at radius 3 is 2.81 bits per heavy atom. The molecule has 16 heavy (non-hydrogen) atoms. The van der Waals surface area contributed by atoms with E-state index in [0.29, 0.717) is 12.1 Å². The van der Waals surface area contributed by atoms with E-state index >= 15 is 0 Å². The molecule has 3 nitrogen and oxygen atoms in total. The molecule has 0 amide bonds. The molecule has 0 aliphatic carbocycles. The third-order valence-electron chi connectivity index (χ3n) is 2.39. The summed E-state index contributed by atoms with van der Waals surface area (Å²) in [7, 11) is 0. The van der Waals surface area contributed by atoms with E-state index in [1.54, 1.807) is 12.1 Å². The number of aromatic carboxylic acids is 1. The van der Waals surface area contributed by atoms with Crippen molar-refractivity contribution in [3.05, 3.63) is 47.1 Å². The second kappa shape index (κ2) is 4.14. The maximum absolute atomic E-state index is 11.0. The van der Waals surface area contributed by atoms with Gasteiger partial charge in [0.05, 0.1) is 12.1 Å². The van der Waals surface area contributed by atoms with Crippen LogP contribution >= 0.6 is 15.9 Å². The number of carbonyl (C=O) groups is 1. The van der Waals surface area contributed by atoms with Gasteiger partial charge in [0, 0.05) is 21.6 Å². The standard InChI is InChI=1S/C12H10BrNO2/c1-8(13)7-14-6-5-9-10(12(15)16)3-2-4-11(9)14/h2-6H,1,7H2,(H,15,16). The van der Waals surface area contributed by atoms with Crippen LogP contribution in [0.4, 0.5) is 0 Å². The monoisotopic (exact) mass is 279 g/mol. The van der Waals surface area contributed by atoms with E-state index in [-0.39, 0.29) is 0 Å². The van der Waals surface area contributed by atoms with Gasteiger partial charge in [-0.2, -0.15) is 0 Å². The number of carboxylic acid groups (broad SMARTS) is 1. The largest absolute Gasteiger partial charge is 0.478 e. The van der Waals surface area contributed by atoms with Crippen molar-refractivity contribution in [1.29, 1.82) is 0 Å². The number of allylic oxidation sites excluding steroid dienone is 1. The molecular formula is C12H10BrNO2. The van der Waals surface area contributed by atoms with Gasteiger partial charge in [-0.25, -0.2) is 4.79 Å². The smallest absolute Gasteiger partial charge is 0.336 e. The maximum atomic E-state index is 11.0. The fourth-order valence-electron chi connectivity index (χ4n) is 1.73. The molecule has 0 aliphatic rings. The Labute approximate surface area is 101 Å². The van der Waals surface area contributed by atoms with Gasteiger partial charge in [-0.05, 0) is 18.2 Å². The van der Waals surface area contributed by atoms with Crippen molar-refractivity contribution in [2.75, 3.05) is 0 Å². The van der Waals surface area contributed by atoms with E-state index in [1.165, 1.54) is 0 Å². The lowest BCUT2D eigenvalue weighted by atomic mass is 10.1. The molecule has 0 radical (unpaired) electrons. The Morgan fingerprint density at radius 2 is 2.19 bits per heavy atom. The lowest BCUT2D eigenvalue weighted by Crippen LogP contribution is -1.98. The van der Waals surface area contributed by atoms with Crippen LogP contribution in [0.15, 0.2) is 41.5 Å². The van der Waals surface area contributed by atoms with Gasteiger partial charge < -0.3 is 9.67 Å². The molecule has 0 aliphatic heterocycles. The van der Waals surface area contributed by atoms with Gasteiger partial charge in [-0.3, -0.25) is 0 Å². The normalized spacial score (nSPS) is 10.6. The zero-order chi connectivity index (χ0) is 11.7. The van der Waals surface area contributed by atoms with E-state index in [2.05, 4.69) is 22.5 Å². The van der Waals surface area contributed by atoms with Crippen LogP contribution in [0.1, 0.15) is 10.4 Å². The summed E-state index contributed by atoms with van der Waals surface area (Å²) in [5.41, 5.74) is 1.23. The lowest BCUT2D eigenvalue weighted by molar-refractivity contribution is 0.0699. The number of rotatable bonds is 3. The molecular weight excluding hydrogens is 270 g/mol. The first-order chi connectivity index (χ1) is 7.59. The van der Waals surface area contributed by atoms with Crippen molar-refractivity contribution in [3.63, 3.8) is 0 Å². The highest BCUT2D eigenvalue weighted by atomic mass is 79.9. The number of hydrogen-bond acceptors (Lipinski definition) is 1. The predicted octanol–water partition coefficient (Wildman–Crippen LogP) is 3.25. The highest BCUT2D eigenvalue weighted by Crippen LogP contribution is 2.21. The molecule has 1 aromatic heterocycles. The molecule has 0 spiro atoms. The van der Waals surface area contributed by atoms with Crippen LogP contribution in [0, 0.1) is 0 Å². The van der Waals surface area contributed by atoms with Crippen LogP contribution in [0.3, 0.4) is 0 Å². The molecule has 2 rings (SSSR count). The van der Waals surface area contributed by atoms with Gasteiger partial charge in [-0.1, -0.05) is 28.6 Å². The molecule has 0 atom stereocenters. The second-order valence-electron chi connectivity index (χ2n) is 3.50. The van der Waals surface area contributed by atoms with E-state index in [9.17, 15) is 4.79 Å². The van der Waals surface area contributed by atoms with Gasteiger partial charge >= 0.3 is 5.97 Å². The summed E-state index contributed by atoms with van der Waals surface area (Å²) >= 11 is 3.30. The summed E-state index contributed by atoms with van der Waals surface area (Å²) in [6.07, 6.45) is 1.86. The van der Waals surface area contributed by atoms with Gasteiger partial charge in [-0.15, -0.1) is 0 Å². The van der Waals surface area contributed by atoms with Crippen LogP contribution < -0.4 is 0 Å². The molecule has 0 saturated carbocycles. The SMILES string of the molecule is C=C(Br)Cn1ccc2c(C(=O)O)cccc21. The average molecular weight is 280 g/mol. The minimum Gasteiger partial charge on any atom is -0.478 e. The van der Waals surface area contributed by atoms with Crippen molar-refractivity contribution in [1.82, 2.24) is 4.57 Å². The van der Waals surface area contributed by atoms with Gasteiger partial charge in [0.25, 0.3) is 0 Å². The maximum Gasteiger partial charge on any atom is 0.336 e. The van der Waals surface area contributed by atoms with Crippen LogP contribution in [-0.2, 0) is 6.54 Å². The minimum absolute atomic E-state index is 0.330. The lowest BCUT2D eigenvalue weighted by Gasteiger charge is -2.04. The van der Waals surface area contributed by atoms with Crippen LogP contribution in [0.25, 0.3) is 10.9 Å². The van der Waals surface area contributed by atoms with E-state index < -0.39 is 5.97 Å². The quantitative estimate of drug-likeness (QED) is 0.937. The average Bonchev–Trinajstić information content (AvgIpc) is 2.60. The highest BCUT2D eigenvalue weighted by molar-refractivity contribution is 9.11. The van der Waals surface area contributed by atoms with E-state index in [0.717, 1.165) is 15.4 Å². The molecule has 82 valence electrons. The third kappa shape index (κ3) is 1.88. The Balaban J connectivity index is 2.61. The topological polar surface area (TPSA) is 42.2 Å². The van der Waals surface area contributed by atoms with Gasteiger partial charge in [0.1, 0.15) is 0 Å². The Kier molecular flexibility index (Phi) is 2.83. The summed E-state index contributed by atoms with van der Waals surface area (Å²) < 4.78 is 2.81. The number of fused-ring (bicyclic) bond motifs is 1. The first-order valence-corrected chi connectivity index (χ1v) is 5.53. The predicted molar refractivity (Wildman–Crippen MR) is 67.0 cm³/mol. The summed E-state index contributed by atoms with van der Waals surface area (Å²) in [4.78, 5) is 11.0. The third-order valence-corrected chi connectivity index (χ3v) is 2.64. The summed E-state index contributed by atoms with van der Waals surface area (Å²) in [6, 6.07) is 7.07. The number of halogens is 1. The molecule has 0 bridgehead atoms. The number of carboxylic acids is 1. The Hall–Kier alpha value is -1.55. The molecule has 0 unspecified atom stereocenters. The first kappa shape index (κ1) is 11.0. The summed E-state index contributed by atoms with van der Waals surface area (Å²) in [5.74, 6) is -0.902. The van der Waals surface area contributed by atoms with Gasteiger partial charge in [0.2, 0.25) is 0 Å². The minimum atomic E-state index is -0.902. The van der Waals surface area contributed by atoms with Crippen LogP contribution in [0.2, 0.25) is 0 Å². The van der Waals surface area contributed by atoms with Gasteiger partial charge in [0.15, 0.2) is 0 Å². The zero-order valence-corrected chi connectivity index (χ0v) is 10.1. The Morgan fingerprint density at radius 1 is 1.44 bits per heavy atom. The summed E-state index contributed by atoms with van der Waals surface area (Å²) in [6.45, 7) is 4.41. The molecule has 1 heterocycles. The highest BCUT2D eigenvalue weighted by Gasteiger charge is 2.10. The number of hydrogen-bond donors (Lipinski definition) is 1. The van der Waals surface area contributed by atoms with E-state index in [4.69, 9.17) is 5.11 Å². The Bertz CT molecular complexity index is 571. The number of benzene rings is 1. The molecule has 2 aromatic rings. The van der Waals surface area contributed by atoms with Crippen LogP contribution in [0.5, 0.6) is 0 Å².